The van der Waals surface area contributed by atoms with Crippen molar-refractivity contribution < 1.29 is 17.9 Å². The number of nitrogens with zero attached hydrogens (tertiary/aromatic N) is 2. The fourth-order valence-corrected chi connectivity index (χ4v) is 4.18. The number of pyridine rings is 2. The van der Waals surface area contributed by atoms with E-state index in [2.05, 4.69) is 4.98 Å². The summed E-state index contributed by atoms with van der Waals surface area (Å²) < 4.78 is 47.0. The summed E-state index contributed by atoms with van der Waals surface area (Å²) in [6.45, 7) is 0.805. The molecule has 0 bridgehead atoms. The van der Waals surface area contributed by atoms with Gasteiger partial charge in [0.05, 0.1) is 24.3 Å². The Bertz CT molecular complexity index is 977. The molecule has 0 fully saturated rings. The Morgan fingerprint density at radius 1 is 1.25 bits per heavy atom. The topological polar surface area (TPSA) is 44.1 Å². The number of halogens is 3. The molecule has 0 aliphatic carbocycles. The van der Waals surface area contributed by atoms with Gasteiger partial charge >= 0.3 is 6.18 Å². The lowest BCUT2D eigenvalue weighted by atomic mass is 10.1. The number of alkyl halides is 3. The highest BCUT2D eigenvalue weighted by molar-refractivity contribution is 7.19. The first kappa shape index (κ1) is 15.3. The smallest absolute Gasteiger partial charge is 0.376 e. The average molecular weight is 352 g/mol. The molecular formula is C16H11F3N2O2S. The van der Waals surface area contributed by atoms with Crippen LogP contribution >= 0.6 is 11.3 Å². The maximum Gasteiger partial charge on any atom is 0.431 e. The Morgan fingerprint density at radius 2 is 2.00 bits per heavy atom. The van der Waals surface area contributed by atoms with Crippen molar-refractivity contribution in [3.8, 4) is 5.69 Å². The van der Waals surface area contributed by atoms with Crippen LogP contribution in [0, 0.1) is 0 Å². The molecule has 0 N–H and O–H groups in total. The number of ether oxygens (including phenoxy) is 1. The van der Waals surface area contributed by atoms with Crippen LogP contribution in [-0.4, -0.2) is 16.2 Å². The van der Waals surface area contributed by atoms with Gasteiger partial charge in [-0.3, -0.25) is 14.3 Å². The van der Waals surface area contributed by atoms with Crippen LogP contribution in [0.15, 0.2) is 35.4 Å². The maximum atomic E-state index is 13.5. The van der Waals surface area contributed by atoms with E-state index in [1.165, 1.54) is 35.9 Å². The second-order valence-corrected chi connectivity index (χ2v) is 6.56. The van der Waals surface area contributed by atoms with Crippen LogP contribution in [0.4, 0.5) is 13.2 Å². The molecule has 0 radical (unpaired) electrons. The molecule has 4 nitrogen and oxygen atoms in total. The fraction of sp³-hybridized carbons (Fsp3) is 0.250. The third-order valence-electron chi connectivity index (χ3n) is 3.98. The van der Waals surface area contributed by atoms with Gasteiger partial charge < -0.3 is 4.74 Å². The second-order valence-electron chi connectivity index (χ2n) is 5.42. The SMILES string of the molecule is O=c1c2c3c(sc2cc(C(F)(F)F)n1-c1ccncc1)COCC3. The number of hydrogen-bond acceptors (Lipinski definition) is 4. The van der Waals surface area contributed by atoms with E-state index in [4.69, 9.17) is 4.74 Å². The molecule has 3 aromatic rings. The summed E-state index contributed by atoms with van der Waals surface area (Å²) in [5.41, 5.74) is -0.671. The molecule has 0 saturated heterocycles. The van der Waals surface area contributed by atoms with E-state index >= 15 is 0 Å². The lowest BCUT2D eigenvalue weighted by Gasteiger charge is -2.16. The number of aromatic nitrogens is 2. The fourth-order valence-electron chi connectivity index (χ4n) is 2.96. The van der Waals surface area contributed by atoms with Crippen molar-refractivity contribution in [3.05, 3.63) is 57.1 Å². The molecule has 4 heterocycles. The lowest BCUT2D eigenvalue weighted by molar-refractivity contribution is -0.142. The van der Waals surface area contributed by atoms with Gasteiger partial charge in [0.1, 0.15) is 5.69 Å². The molecule has 0 saturated carbocycles. The minimum Gasteiger partial charge on any atom is -0.376 e. The minimum absolute atomic E-state index is 0.149. The largest absolute Gasteiger partial charge is 0.431 e. The van der Waals surface area contributed by atoms with E-state index in [9.17, 15) is 18.0 Å². The lowest BCUT2D eigenvalue weighted by Crippen LogP contribution is -2.27. The Kier molecular flexibility index (Phi) is 3.47. The van der Waals surface area contributed by atoms with Gasteiger partial charge in [0.15, 0.2) is 0 Å². The highest BCUT2D eigenvalue weighted by Gasteiger charge is 2.36. The standard InChI is InChI=1S/C16H11F3N2O2S/c17-16(18,19)13-7-11-14(10-3-6-23-8-12(10)24-11)15(22)21(13)9-1-4-20-5-2-9/h1-2,4-5,7H,3,6,8H2. The Labute approximate surface area is 138 Å². The first-order chi connectivity index (χ1) is 11.5. The van der Waals surface area contributed by atoms with Crippen LogP contribution in [-0.2, 0) is 23.9 Å². The van der Waals surface area contributed by atoms with Crippen molar-refractivity contribution >= 4 is 21.4 Å². The third kappa shape index (κ3) is 2.33. The summed E-state index contributed by atoms with van der Waals surface area (Å²) in [5, 5.41) is 0.364. The van der Waals surface area contributed by atoms with Crippen LogP contribution in [0.3, 0.4) is 0 Å². The predicted molar refractivity (Wildman–Crippen MR) is 83.6 cm³/mol. The van der Waals surface area contributed by atoms with Gasteiger partial charge in [-0.2, -0.15) is 13.2 Å². The molecule has 0 spiro atoms. The normalized spacial score (nSPS) is 14.8. The van der Waals surface area contributed by atoms with Crippen molar-refractivity contribution in [3.63, 3.8) is 0 Å². The van der Waals surface area contributed by atoms with Crippen LogP contribution in [0.5, 0.6) is 0 Å². The highest BCUT2D eigenvalue weighted by Crippen LogP contribution is 2.37. The van der Waals surface area contributed by atoms with E-state index in [-0.39, 0.29) is 5.69 Å². The number of fused-ring (bicyclic) bond motifs is 3. The zero-order valence-corrected chi connectivity index (χ0v) is 13.1. The molecule has 24 heavy (non-hydrogen) atoms. The van der Waals surface area contributed by atoms with Gasteiger partial charge in [-0.1, -0.05) is 0 Å². The third-order valence-corrected chi connectivity index (χ3v) is 5.14. The van der Waals surface area contributed by atoms with Crippen molar-refractivity contribution in [2.45, 2.75) is 19.2 Å². The molecule has 1 aliphatic heterocycles. The van der Waals surface area contributed by atoms with Crippen molar-refractivity contribution in [2.24, 2.45) is 0 Å². The van der Waals surface area contributed by atoms with Gasteiger partial charge in [0, 0.05) is 22.0 Å². The molecule has 8 heteroatoms. The predicted octanol–water partition coefficient (Wildman–Crippen LogP) is 3.54. The van der Waals surface area contributed by atoms with E-state index in [0.29, 0.717) is 29.7 Å². The van der Waals surface area contributed by atoms with Crippen LogP contribution in [0.1, 0.15) is 16.1 Å². The molecule has 0 aromatic carbocycles. The number of rotatable bonds is 1. The zero-order valence-electron chi connectivity index (χ0n) is 12.3. The second kappa shape index (κ2) is 5.42. The minimum atomic E-state index is -4.64. The van der Waals surface area contributed by atoms with Gasteiger partial charge in [0.2, 0.25) is 0 Å². The molecule has 1 aliphatic rings. The van der Waals surface area contributed by atoms with Gasteiger partial charge in [0.25, 0.3) is 5.56 Å². The molecular weight excluding hydrogens is 341 g/mol. The molecule has 124 valence electrons. The van der Waals surface area contributed by atoms with Gasteiger partial charge in [-0.25, -0.2) is 0 Å². The van der Waals surface area contributed by atoms with Crippen molar-refractivity contribution in [1.82, 2.24) is 9.55 Å². The van der Waals surface area contributed by atoms with Crippen LogP contribution in [0.2, 0.25) is 0 Å². The summed E-state index contributed by atoms with van der Waals surface area (Å²) in [5.74, 6) is 0. The van der Waals surface area contributed by atoms with Gasteiger partial charge in [-0.05, 0) is 30.2 Å². The van der Waals surface area contributed by atoms with Crippen molar-refractivity contribution in [2.75, 3.05) is 6.61 Å². The Hall–Kier alpha value is -2.19. The Morgan fingerprint density at radius 3 is 2.71 bits per heavy atom. The number of thiophene rings is 1. The average Bonchev–Trinajstić information content (AvgIpc) is 2.93. The molecule has 0 unspecified atom stereocenters. The Balaban J connectivity index is 2.12. The maximum absolute atomic E-state index is 13.5. The summed E-state index contributed by atoms with van der Waals surface area (Å²) in [6, 6.07) is 3.84. The summed E-state index contributed by atoms with van der Waals surface area (Å²) in [4.78, 5) is 17.6. The first-order valence-corrected chi connectivity index (χ1v) is 8.04. The van der Waals surface area contributed by atoms with E-state index < -0.39 is 17.4 Å². The monoisotopic (exact) mass is 352 g/mol. The van der Waals surface area contributed by atoms with Gasteiger partial charge in [-0.15, -0.1) is 11.3 Å². The quantitative estimate of drug-likeness (QED) is 0.673. The molecule has 3 aromatic heterocycles. The summed E-state index contributed by atoms with van der Waals surface area (Å²) in [7, 11) is 0. The number of hydrogen-bond donors (Lipinski definition) is 0. The summed E-state index contributed by atoms with van der Waals surface area (Å²) >= 11 is 1.20. The zero-order chi connectivity index (χ0) is 16.9. The molecule has 4 rings (SSSR count). The summed E-state index contributed by atoms with van der Waals surface area (Å²) in [6.07, 6.45) is -1.38. The van der Waals surface area contributed by atoms with E-state index in [1.807, 2.05) is 0 Å². The van der Waals surface area contributed by atoms with Crippen LogP contribution < -0.4 is 5.56 Å². The van der Waals surface area contributed by atoms with Crippen LogP contribution in [0.25, 0.3) is 15.8 Å². The van der Waals surface area contributed by atoms with Crippen molar-refractivity contribution in [1.29, 1.82) is 0 Å². The van der Waals surface area contributed by atoms with E-state index in [0.717, 1.165) is 21.1 Å². The van der Waals surface area contributed by atoms with E-state index in [1.54, 1.807) is 0 Å². The molecule has 0 amide bonds. The first-order valence-electron chi connectivity index (χ1n) is 7.22. The molecule has 0 atom stereocenters. The highest BCUT2D eigenvalue weighted by atomic mass is 32.1.